The fourth-order valence-corrected chi connectivity index (χ4v) is 3.41. The van der Waals surface area contributed by atoms with Gasteiger partial charge in [-0.25, -0.2) is 4.99 Å². The van der Waals surface area contributed by atoms with Crippen molar-refractivity contribution in [3.63, 3.8) is 0 Å². The minimum absolute atomic E-state index is 0. The summed E-state index contributed by atoms with van der Waals surface area (Å²) >= 11 is 0. The van der Waals surface area contributed by atoms with E-state index >= 15 is 0 Å². The number of carbonyl (C=O) groups excluding carboxylic acids is 1. The van der Waals surface area contributed by atoms with Crippen molar-refractivity contribution in [2.75, 3.05) is 50.7 Å². The van der Waals surface area contributed by atoms with Crippen LogP contribution >= 0.6 is 24.0 Å². The summed E-state index contributed by atoms with van der Waals surface area (Å²) in [4.78, 5) is 21.3. The summed E-state index contributed by atoms with van der Waals surface area (Å²) in [6.45, 7) is 6.93. The molecule has 1 aliphatic heterocycles. The Labute approximate surface area is 196 Å². The smallest absolute Gasteiger partial charge is 0.244 e. The molecule has 0 atom stereocenters. The van der Waals surface area contributed by atoms with Gasteiger partial charge in [-0.15, -0.1) is 24.0 Å². The van der Waals surface area contributed by atoms with E-state index in [0.29, 0.717) is 5.96 Å². The maximum absolute atomic E-state index is 12.6. The Kier molecular flexibility index (Phi) is 10.5. The first-order valence-corrected chi connectivity index (χ1v) is 10.4. The molecule has 1 fully saturated rings. The van der Waals surface area contributed by atoms with Crippen LogP contribution in [0.4, 0.5) is 5.69 Å². The van der Waals surface area contributed by atoms with Crippen LogP contribution in [0.15, 0.2) is 65.7 Å². The third-order valence-corrected chi connectivity index (χ3v) is 5.02. The van der Waals surface area contributed by atoms with Gasteiger partial charge in [0.1, 0.15) is 6.54 Å². The first-order chi connectivity index (χ1) is 14.3. The molecule has 0 unspecified atom stereocenters. The van der Waals surface area contributed by atoms with Gasteiger partial charge in [-0.3, -0.25) is 4.79 Å². The minimum atomic E-state index is 0. The molecular weight excluding hydrogens is 489 g/mol. The number of aliphatic imine (C=N–C) groups is 1. The Hall–Kier alpha value is -2.29. The van der Waals surface area contributed by atoms with E-state index in [1.54, 1.807) is 0 Å². The van der Waals surface area contributed by atoms with Crippen LogP contribution in [-0.2, 0) is 11.2 Å². The van der Waals surface area contributed by atoms with Crippen LogP contribution in [-0.4, -0.2) is 62.6 Å². The molecule has 2 N–H and O–H groups in total. The van der Waals surface area contributed by atoms with Crippen LogP contribution in [0.1, 0.15) is 12.5 Å². The predicted octanol–water partition coefficient (Wildman–Crippen LogP) is 2.75. The van der Waals surface area contributed by atoms with E-state index in [1.165, 1.54) is 11.3 Å². The molecule has 2 aromatic carbocycles. The van der Waals surface area contributed by atoms with Crippen LogP contribution < -0.4 is 15.5 Å². The van der Waals surface area contributed by atoms with E-state index in [4.69, 9.17) is 0 Å². The van der Waals surface area contributed by atoms with Crippen molar-refractivity contribution in [3.05, 3.63) is 66.2 Å². The quantitative estimate of drug-likeness (QED) is 0.335. The van der Waals surface area contributed by atoms with Crippen LogP contribution in [0.25, 0.3) is 0 Å². The normalized spacial score (nSPS) is 14.1. The van der Waals surface area contributed by atoms with Crippen molar-refractivity contribution >= 4 is 41.5 Å². The lowest BCUT2D eigenvalue weighted by Gasteiger charge is -2.36. The van der Waals surface area contributed by atoms with Gasteiger partial charge < -0.3 is 20.4 Å². The third kappa shape index (κ3) is 7.51. The molecule has 7 heteroatoms. The standard InChI is InChI=1S/C23H31N5O.HI/c1-2-24-23(25-14-13-20-9-5-3-6-10-20)26-19-22(29)28-17-15-27(16-18-28)21-11-7-4-8-12-21;/h3-12H,2,13-19H2,1H3,(H2,24,25,26);1H. The van der Waals surface area contributed by atoms with Crippen LogP contribution in [0.3, 0.4) is 0 Å². The molecule has 0 aliphatic carbocycles. The number of halogens is 1. The van der Waals surface area contributed by atoms with Crippen molar-refractivity contribution in [2.24, 2.45) is 4.99 Å². The Morgan fingerprint density at radius 3 is 2.20 bits per heavy atom. The summed E-state index contributed by atoms with van der Waals surface area (Å²) in [6.07, 6.45) is 0.917. The third-order valence-electron chi connectivity index (χ3n) is 5.02. The number of nitrogens with zero attached hydrogens (tertiary/aromatic N) is 3. The van der Waals surface area contributed by atoms with Crippen LogP contribution in [0.2, 0.25) is 0 Å². The molecule has 3 rings (SSSR count). The van der Waals surface area contributed by atoms with Crippen molar-refractivity contribution in [3.8, 4) is 0 Å². The Morgan fingerprint density at radius 1 is 0.933 bits per heavy atom. The number of rotatable bonds is 7. The molecule has 0 saturated carbocycles. The summed E-state index contributed by atoms with van der Waals surface area (Å²) < 4.78 is 0. The van der Waals surface area contributed by atoms with Crippen LogP contribution in [0.5, 0.6) is 0 Å². The number of piperazine rings is 1. The van der Waals surface area contributed by atoms with E-state index in [0.717, 1.165) is 45.7 Å². The zero-order valence-corrected chi connectivity index (χ0v) is 19.9. The highest BCUT2D eigenvalue weighted by Crippen LogP contribution is 2.15. The van der Waals surface area contributed by atoms with Gasteiger partial charge >= 0.3 is 0 Å². The van der Waals surface area contributed by atoms with E-state index in [9.17, 15) is 4.79 Å². The fourth-order valence-electron chi connectivity index (χ4n) is 3.41. The molecule has 162 valence electrons. The number of anilines is 1. The second kappa shape index (κ2) is 13.1. The Balaban J connectivity index is 0.00000320. The highest BCUT2D eigenvalue weighted by Gasteiger charge is 2.20. The Morgan fingerprint density at radius 2 is 1.57 bits per heavy atom. The summed E-state index contributed by atoms with van der Waals surface area (Å²) in [6, 6.07) is 20.7. The molecule has 30 heavy (non-hydrogen) atoms. The lowest BCUT2D eigenvalue weighted by Crippen LogP contribution is -2.49. The average molecular weight is 521 g/mol. The fraction of sp³-hybridized carbons (Fsp3) is 0.391. The maximum Gasteiger partial charge on any atom is 0.244 e. The van der Waals surface area contributed by atoms with E-state index in [-0.39, 0.29) is 36.4 Å². The molecule has 1 aliphatic rings. The molecule has 0 bridgehead atoms. The SMILES string of the molecule is CCNC(=NCC(=O)N1CCN(c2ccccc2)CC1)NCCc1ccccc1.I. The summed E-state index contributed by atoms with van der Waals surface area (Å²) in [7, 11) is 0. The number of hydrogen-bond acceptors (Lipinski definition) is 3. The second-order valence-electron chi connectivity index (χ2n) is 7.06. The van der Waals surface area contributed by atoms with Crippen LogP contribution in [0, 0.1) is 0 Å². The van der Waals surface area contributed by atoms with Gasteiger partial charge in [-0.2, -0.15) is 0 Å². The summed E-state index contributed by atoms with van der Waals surface area (Å²) in [5.74, 6) is 0.776. The number of nitrogens with one attached hydrogen (secondary N) is 2. The molecule has 6 nitrogen and oxygen atoms in total. The number of amides is 1. The second-order valence-corrected chi connectivity index (χ2v) is 7.06. The molecule has 2 aromatic rings. The Bertz CT molecular complexity index is 777. The zero-order chi connectivity index (χ0) is 20.3. The van der Waals surface area contributed by atoms with Gasteiger partial charge in [-0.05, 0) is 31.0 Å². The molecule has 1 saturated heterocycles. The molecule has 0 aromatic heterocycles. The molecule has 1 amide bonds. The monoisotopic (exact) mass is 521 g/mol. The molecular formula is C23H32IN5O. The average Bonchev–Trinajstić information content (AvgIpc) is 2.78. The number of carbonyl (C=O) groups is 1. The number of benzene rings is 2. The highest BCUT2D eigenvalue weighted by atomic mass is 127. The molecule has 0 spiro atoms. The van der Waals surface area contributed by atoms with E-state index < -0.39 is 0 Å². The first kappa shape index (κ1) is 24.0. The van der Waals surface area contributed by atoms with Gasteiger partial charge in [0, 0.05) is 45.0 Å². The van der Waals surface area contributed by atoms with Gasteiger partial charge in [-0.1, -0.05) is 48.5 Å². The van der Waals surface area contributed by atoms with E-state index in [2.05, 4.69) is 56.9 Å². The van der Waals surface area contributed by atoms with Gasteiger partial charge in [0.05, 0.1) is 0 Å². The largest absolute Gasteiger partial charge is 0.368 e. The zero-order valence-electron chi connectivity index (χ0n) is 17.6. The summed E-state index contributed by atoms with van der Waals surface area (Å²) in [5, 5.41) is 6.53. The van der Waals surface area contributed by atoms with Crippen molar-refractivity contribution in [1.82, 2.24) is 15.5 Å². The highest BCUT2D eigenvalue weighted by molar-refractivity contribution is 14.0. The van der Waals surface area contributed by atoms with E-state index in [1.807, 2.05) is 36.1 Å². The lowest BCUT2D eigenvalue weighted by molar-refractivity contribution is -0.129. The number of hydrogen-bond donors (Lipinski definition) is 2. The van der Waals surface area contributed by atoms with Gasteiger partial charge in [0.2, 0.25) is 5.91 Å². The maximum atomic E-state index is 12.6. The summed E-state index contributed by atoms with van der Waals surface area (Å²) in [5.41, 5.74) is 2.50. The topological polar surface area (TPSA) is 60.0 Å². The number of guanidine groups is 1. The molecule has 0 radical (unpaired) electrons. The van der Waals surface area contributed by atoms with Gasteiger partial charge in [0.15, 0.2) is 5.96 Å². The number of para-hydroxylation sites is 1. The minimum Gasteiger partial charge on any atom is -0.368 e. The first-order valence-electron chi connectivity index (χ1n) is 10.4. The van der Waals surface area contributed by atoms with Crippen molar-refractivity contribution in [1.29, 1.82) is 0 Å². The van der Waals surface area contributed by atoms with Crippen molar-refractivity contribution in [2.45, 2.75) is 13.3 Å². The van der Waals surface area contributed by atoms with Crippen molar-refractivity contribution < 1.29 is 4.79 Å². The van der Waals surface area contributed by atoms with Gasteiger partial charge in [0.25, 0.3) is 0 Å². The molecule has 1 heterocycles. The predicted molar refractivity (Wildman–Crippen MR) is 135 cm³/mol. The lowest BCUT2D eigenvalue weighted by atomic mass is 10.1.